The molecule has 0 atom stereocenters. The highest BCUT2D eigenvalue weighted by molar-refractivity contribution is 6.88. The van der Waals surface area contributed by atoms with Crippen molar-refractivity contribution in [3.63, 3.8) is 0 Å². The SMILES string of the molecule is CCCCc1cc(CCl)n(C(=O)OC(C)(C)C)c1[Si](C)(C)C. The Balaban J connectivity index is 3.39. The quantitative estimate of drug-likeness (QED) is 0.562. The topological polar surface area (TPSA) is 31.2 Å². The van der Waals surface area contributed by atoms with Crippen LogP contribution in [-0.2, 0) is 17.0 Å². The van der Waals surface area contributed by atoms with Crippen LogP contribution in [-0.4, -0.2) is 24.3 Å². The minimum Gasteiger partial charge on any atom is -0.443 e. The van der Waals surface area contributed by atoms with Gasteiger partial charge in [0.1, 0.15) is 5.60 Å². The Bertz CT molecular complexity index is 524. The highest BCUT2D eigenvalue weighted by atomic mass is 35.5. The Hall–Kier alpha value is -0.743. The molecular weight excluding hydrogens is 314 g/mol. The van der Waals surface area contributed by atoms with Gasteiger partial charge in [0, 0.05) is 11.0 Å². The second-order valence-electron chi connectivity index (χ2n) is 7.81. The van der Waals surface area contributed by atoms with Crippen LogP contribution in [0.2, 0.25) is 19.6 Å². The van der Waals surface area contributed by atoms with E-state index in [2.05, 4.69) is 32.6 Å². The van der Waals surface area contributed by atoms with Crippen molar-refractivity contribution < 1.29 is 9.53 Å². The number of hydrogen-bond donors (Lipinski definition) is 0. The molecule has 3 nitrogen and oxygen atoms in total. The smallest absolute Gasteiger partial charge is 0.418 e. The summed E-state index contributed by atoms with van der Waals surface area (Å²) in [4.78, 5) is 12.7. The number of ether oxygens (including phenoxy) is 1. The van der Waals surface area contributed by atoms with Crippen LogP contribution >= 0.6 is 11.6 Å². The number of rotatable bonds is 5. The van der Waals surface area contributed by atoms with Gasteiger partial charge in [-0.15, -0.1) is 11.6 Å². The number of nitrogens with zero attached hydrogens (tertiary/aromatic N) is 1. The molecule has 126 valence electrons. The predicted molar refractivity (Wildman–Crippen MR) is 97.2 cm³/mol. The summed E-state index contributed by atoms with van der Waals surface area (Å²) in [6, 6.07) is 2.10. The highest BCUT2D eigenvalue weighted by Crippen LogP contribution is 2.19. The van der Waals surface area contributed by atoms with E-state index in [4.69, 9.17) is 16.3 Å². The molecule has 5 heteroatoms. The molecule has 0 spiro atoms. The monoisotopic (exact) mass is 343 g/mol. The fourth-order valence-corrected chi connectivity index (χ4v) is 4.87. The number of halogens is 1. The molecule has 0 aromatic carbocycles. The van der Waals surface area contributed by atoms with Gasteiger partial charge >= 0.3 is 6.09 Å². The molecule has 1 aromatic heterocycles. The molecular formula is C17H30ClNO2Si. The summed E-state index contributed by atoms with van der Waals surface area (Å²) in [7, 11) is -1.70. The molecule has 0 aliphatic carbocycles. The lowest BCUT2D eigenvalue weighted by atomic mass is 10.1. The summed E-state index contributed by atoms with van der Waals surface area (Å²) in [5, 5.41) is 1.16. The maximum atomic E-state index is 12.7. The molecule has 0 N–H and O–H groups in total. The molecule has 0 radical (unpaired) electrons. The molecule has 0 saturated carbocycles. The molecule has 0 aliphatic rings. The Morgan fingerprint density at radius 3 is 2.32 bits per heavy atom. The van der Waals surface area contributed by atoms with E-state index in [0.29, 0.717) is 5.88 Å². The van der Waals surface area contributed by atoms with E-state index < -0.39 is 13.7 Å². The standard InChI is InChI=1S/C17H30ClNO2Si/c1-8-9-10-13-11-14(12-18)19(15(13)22(5,6)7)16(20)21-17(2,3)4/h11H,8-10,12H2,1-7H3. The number of hydrogen-bond acceptors (Lipinski definition) is 2. The lowest BCUT2D eigenvalue weighted by Crippen LogP contribution is -2.48. The molecule has 0 fully saturated rings. The van der Waals surface area contributed by atoms with Crippen LogP contribution in [0, 0.1) is 0 Å². The molecule has 0 saturated heterocycles. The van der Waals surface area contributed by atoms with Gasteiger partial charge in [0.2, 0.25) is 0 Å². The molecule has 0 amide bonds. The minimum atomic E-state index is -1.70. The van der Waals surface area contributed by atoms with E-state index in [0.717, 1.165) is 30.3 Å². The third-order valence-electron chi connectivity index (χ3n) is 3.38. The number of carbonyl (C=O) groups is 1. The summed E-state index contributed by atoms with van der Waals surface area (Å²) in [6.45, 7) is 14.6. The molecule has 0 aliphatic heterocycles. The van der Waals surface area contributed by atoms with Crippen LogP contribution in [0.3, 0.4) is 0 Å². The van der Waals surface area contributed by atoms with Gasteiger partial charge in [-0.2, -0.15) is 0 Å². The van der Waals surface area contributed by atoms with E-state index >= 15 is 0 Å². The van der Waals surface area contributed by atoms with Crippen LogP contribution in [0.25, 0.3) is 0 Å². The van der Waals surface area contributed by atoms with Crippen LogP contribution in [0.5, 0.6) is 0 Å². The van der Waals surface area contributed by atoms with Crippen molar-refractivity contribution in [3.8, 4) is 0 Å². The first kappa shape index (κ1) is 19.3. The van der Waals surface area contributed by atoms with Gasteiger partial charge in [0.25, 0.3) is 0 Å². The predicted octanol–water partition coefficient (Wildman–Crippen LogP) is 4.90. The number of unbranched alkanes of at least 4 members (excludes halogenated alkanes) is 1. The fourth-order valence-electron chi connectivity index (χ4n) is 2.61. The number of aryl methyl sites for hydroxylation is 1. The minimum absolute atomic E-state index is 0.302. The van der Waals surface area contributed by atoms with E-state index in [9.17, 15) is 4.79 Å². The second-order valence-corrected chi connectivity index (χ2v) is 13.1. The van der Waals surface area contributed by atoms with Crippen molar-refractivity contribution in [2.45, 2.75) is 78.1 Å². The van der Waals surface area contributed by atoms with Crippen LogP contribution in [0.15, 0.2) is 6.07 Å². The third kappa shape index (κ3) is 4.88. The lowest BCUT2D eigenvalue weighted by molar-refractivity contribution is 0.0538. The van der Waals surface area contributed by atoms with Crippen molar-refractivity contribution in [1.29, 1.82) is 0 Å². The van der Waals surface area contributed by atoms with Gasteiger partial charge in [0.15, 0.2) is 0 Å². The van der Waals surface area contributed by atoms with Crippen molar-refractivity contribution in [3.05, 3.63) is 17.3 Å². The molecule has 1 rings (SSSR count). The summed E-state index contributed by atoms with van der Waals surface area (Å²) >= 11 is 6.10. The zero-order chi connectivity index (χ0) is 17.1. The van der Waals surface area contributed by atoms with E-state index in [1.54, 1.807) is 4.57 Å². The highest BCUT2D eigenvalue weighted by Gasteiger charge is 2.31. The zero-order valence-corrected chi connectivity index (χ0v) is 16.8. The van der Waals surface area contributed by atoms with Gasteiger partial charge < -0.3 is 4.74 Å². The lowest BCUT2D eigenvalue weighted by Gasteiger charge is -2.25. The van der Waals surface area contributed by atoms with E-state index in [1.165, 1.54) is 5.56 Å². The Kier molecular flexibility index (Phi) is 6.33. The molecule has 1 heterocycles. The van der Waals surface area contributed by atoms with Gasteiger partial charge in [-0.05, 0) is 45.2 Å². The molecule has 22 heavy (non-hydrogen) atoms. The Morgan fingerprint density at radius 2 is 1.91 bits per heavy atom. The molecule has 0 bridgehead atoms. The first-order chi connectivity index (χ1) is 10.0. The van der Waals surface area contributed by atoms with Crippen molar-refractivity contribution >= 4 is 31.1 Å². The molecule has 1 aromatic rings. The summed E-state index contributed by atoms with van der Waals surface area (Å²) in [5.74, 6) is 0.322. The van der Waals surface area contributed by atoms with E-state index in [1.807, 2.05) is 20.8 Å². The summed E-state index contributed by atoms with van der Waals surface area (Å²) in [5.41, 5.74) is 1.60. The average Bonchev–Trinajstić information content (AvgIpc) is 2.72. The van der Waals surface area contributed by atoms with Gasteiger partial charge in [-0.1, -0.05) is 33.0 Å². The Morgan fingerprint density at radius 1 is 1.32 bits per heavy atom. The van der Waals surface area contributed by atoms with Crippen LogP contribution < -0.4 is 5.32 Å². The van der Waals surface area contributed by atoms with Crippen molar-refractivity contribution in [2.24, 2.45) is 0 Å². The first-order valence-corrected chi connectivity index (χ1v) is 12.1. The summed E-state index contributed by atoms with van der Waals surface area (Å²) in [6.07, 6.45) is 2.95. The van der Waals surface area contributed by atoms with Crippen molar-refractivity contribution in [1.82, 2.24) is 4.57 Å². The van der Waals surface area contributed by atoms with Gasteiger partial charge in [0.05, 0.1) is 14.0 Å². The largest absolute Gasteiger partial charge is 0.443 e. The van der Waals surface area contributed by atoms with Gasteiger partial charge in [-0.3, -0.25) is 4.57 Å². The van der Waals surface area contributed by atoms with Gasteiger partial charge in [-0.25, -0.2) is 4.79 Å². The third-order valence-corrected chi connectivity index (χ3v) is 5.62. The van der Waals surface area contributed by atoms with Crippen LogP contribution in [0.1, 0.15) is 51.8 Å². The van der Waals surface area contributed by atoms with E-state index in [-0.39, 0.29) is 6.09 Å². The number of aromatic nitrogens is 1. The van der Waals surface area contributed by atoms with Crippen molar-refractivity contribution in [2.75, 3.05) is 0 Å². The Labute approximate surface area is 141 Å². The average molecular weight is 344 g/mol. The fraction of sp³-hybridized carbons (Fsp3) is 0.706. The first-order valence-electron chi connectivity index (χ1n) is 8.04. The maximum absolute atomic E-state index is 12.7. The van der Waals surface area contributed by atoms with Crippen LogP contribution in [0.4, 0.5) is 4.79 Å². The molecule has 0 unspecified atom stereocenters. The summed E-state index contributed by atoms with van der Waals surface area (Å²) < 4.78 is 7.35. The zero-order valence-electron chi connectivity index (χ0n) is 15.0. The number of carbonyl (C=O) groups excluding carboxylic acids is 1. The maximum Gasteiger partial charge on any atom is 0.418 e. The number of alkyl halides is 1. The second kappa shape index (κ2) is 7.22. The normalized spacial score (nSPS) is 12.5.